The molecule has 1 amide bonds. The fourth-order valence-electron chi connectivity index (χ4n) is 3.08. The SMILES string of the molecule is C[C@H](OC(=O)C(c1ccccc1)c1ccccc1)C(=O)Nc1cc(C(F)(F)F)ccc1Cl. The third-order valence-corrected chi connectivity index (χ3v) is 5.04. The molecule has 8 heteroatoms. The Hall–Kier alpha value is -3.32. The van der Waals surface area contributed by atoms with Crippen molar-refractivity contribution in [3.8, 4) is 0 Å². The Labute approximate surface area is 188 Å². The molecule has 3 aromatic carbocycles. The average molecular weight is 462 g/mol. The van der Waals surface area contributed by atoms with E-state index in [2.05, 4.69) is 5.32 Å². The molecule has 32 heavy (non-hydrogen) atoms. The molecule has 0 heterocycles. The topological polar surface area (TPSA) is 55.4 Å². The molecule has 0 saturated carbocycles. The number of nitrogens with one attached hydrogen (secondary N) is 1. The number of alkyl halides is 3. The molecule has 0 unspecified atom stereocenters. The molecule has 0 radical (unpaired) electrons. The van der Waals surface area contributed by atoms with Crippen molar-refractivity contribution in [3.05, 3.63) is 101 Å². The van der Waals surface area contributed by atoms with Crippen LogP contribution in [0, 0.1) is 0 Å². The van der Waals surface area contributed by atoms with Crippen molar-refractivity contribution in [2.24, 2.45) is 0 Å². The summed E-state index contributed by atoms with van der Waals surface area (Å²) in [7, 11) is 0. The van der Waals surface area contributed by atoms with Crippen molar-refractivity contribution >= 4 is 29.2 Å². The van der Waals surface area contributed by atoms with E-state index in [-0.39, 0.29) is 10.7 Å². The van der Waals surface area contributed by atoms with E-state index >= 15 is 0 Å². The van der Waals surface area contributed by atoms with Gasteiger partial charge in [-0.25, -0.2) is 0 Å². The van der Waals surface area contributed by atoms with Crippen molar-refractivity contribution in [2.45, 2.75) is 25.1 Å². The predicted molar refractivity (Wildman–Crippen MR) is 115 cm³/mol. The van der Waals surface area contributed by atoms with Crippen LogP contribution in [-0.4, -0.2) is 18.0 Å². The fraction of sp³-hybridized carbons (Fsp3) is 0.167. The molecule has 1 N–H and O–H groups in total. The van der Waals surface area contributed by atoms with E-state index < -0.39 is 35.6 Å². The van der Waals surface area contributed by atoms with Crippen LogP contribution in [0.1, 0.15) is 29.5 Å². The lowest BCUT2D eigenvalue weighted by Crippen LogP contribution is -2.32. The smallest absolute Gasteiger partial charge is 0.416 e. The highest BCUT2D eigenvalue weighted by atomic mass is 35.5. The quantitative estimate of drug-likeness (QED) is 0.454. The number of carbonyl (C=O) groups excluding carboxylic acids is 2. The number of esters is 1. The molecule has 0 aliphatic rings. The van der Waals surface area contributed by atoms with Crippen LogP contribution in [0.5, 0.6) is 0 Å². The number of rotatable bonds is 6. The highest BCUT2D eigenvalue weighted by Gasteiger charge is 2.32. The monoisotopic (exact) mass is 461 g/mol. The van der Waals surface area contributed by atoms with Gasteiger partial charge in [-0.3, -0.25) is 9.59 Å². The zero-order valence-corrected chi connectivity index (χ0v) is 17.7. The Morgan fingerprint density at radius 1 is 0.906 bits per heavy atom. The lowest BCUT2D eigenvalue weighted by Gasteiger charge is -2.20. The van der Waals surface area contributed by atoms with Crippen molar-refractivity contribution in [2.75, 3.05) is 5.32 Å². The number of benzene rings is 3. The molecule has 0 saturated heterocycles. The van der Waals surface area contributed by atoms with Gasteiger partial charge in [0.1, 0.15) is 5.92 Å². The molecule has 0 aliphatic carbocycles. The first-order valence-electron chi connectivity index (χ1n) is 9.65. The van der Waals surface area contributed by atoms with Gasteiger partial charge in [-0.1, -0.05) is 72.3 Å². The van der Waals surface area contributed by atoms with E-state index in [1.165, 1.54) is 6.92 Å². The van der Waals surface area contributed by atoms with Crippen LogP contribution in [0.2, 0.25) is 5.02 Å². The second-order valence-electron chi connectivity index (χ2n) is 7.02. The van der Waals surface area contributed by atoms with Crippen LogP contribution in [0.25, 0.3) is 0 Å². The molecule has 3 aromatic rings. The van der Waals surface area contributed by atoms with Gasteiger partial charge in [-0.05, 0) is 36.2 Å². The van der Waals surface area contributed by atoms with Crippen LogP contribution in [0.15, 0.2) is 78.9 Å². The first kappa shape index (κ1) is 23.3. The zero-order valence-electron chi connectivity index (χ0n) is 16.9. The Morgan fingerprint density at radius 3 is 1.94 bits per heavy atom. The molecular weight excluding hydrogens is 443 g/mol. The van der Waals surface area contributed by atoms with Crippen LogP contribution in [-0.2, 0) is 20.5 Å². The first-order chi connectivity index (χ1) is 15.2. The molecule has 0 aromatic heterocycles. The maximum absolute atomic E-state index is 13.0. The number of carbonyl (C=O) groups is 2. The minimum absolute atomic E-state index is 0.0728. The van der Waals surface area contributed by atoms with Gasteiger partial charge in [0.2, 0.25) is 0 Å². The summed E-state index contributed by atoms with van der Waals surface area (Å²) >= 11 is 5.92. The van der Waals surface area contributed by atoms with Crippen molar-refractivity contribution in [1.29, 1.82) is 0 Å². The predicted octanol–water partition coefficient (Wildman–Crippen LogP) is 6.06. The molecule has 0 aliphatic heterocycles. The van der Waals surface area contributed by atoms with Gasteiger partial charge in [0.05, 0.1) is 16.3 Å². The van der Waals surface area contributed by atoms with Gasteiger partial charge in [-0.2, -0.15) is 13.2 Å². The van der Waals surface area contributed by atoms with Gasteiger partial charge in [-0.15, -0.1) is 0 Å². The average Bonchev–Trinajstić information content (AvgIpc) is 2.76. The normalized spacial score (nSPS) is 12.3. The summed E-state index contributed by atoms with van der Waals surface area (Å²) in [6.07, 6.45) is -5.87. The first-order valence-corrected chi connectivity index (χ1v) is 10.0. The molecule has 0 fully saturated rings. The molecule has 4 nitrogen and oxygen atoms in total. The molecule has 166 valence electrons. The molecule has 0 bridgehead atoms. The molecule has 0 spiro atoms. The summed E-state index contributed by atoms with van der Waals surface area (Å²) in [5.41, 5.74) is 0.168. The molecule has 1 atom stereocenters. The highest BCUT2D eigenvalue weighted by Crippen LogP contribution is 2.34. The highest BCUT2D eigenvalue weighted by molar-refractivity contribution is 6.33. The van der Waals surface area contributed by atoms with E-state index in [1.807, 2.05) is 12.1 Å². The van der Waals surface area contributed by atoms with E-state index in [0.29, 0.717) is 11.1 Å². The summed E-state index contributed by atoms with van der Waals surface area (Å²) in [5.74, 6) is -2.25. The number of anilines is 1. The van der Waals surface area contributed by atoms with Crippen molar-refractivity contribution in [3.63, 3.8) is 0 Å². The third kappa shape index (κ3) is 5.68. The van der Waals surface area contributed by atoms with Crippen LogP contribution >= 0.6 is 11.6 Å². The van der Waals surface area contributed by atoms with Gasteiger partial charge >= 0.3 is 12.1 Å². The Morgan fingerprint density at radius 2 is 1.44 bits per heavy atom. The summed E-state index contributed by atoms with van der Waals surface area (Å²) in [6, 6.07) is 20.4. The third-order valence-electron chi connectivity index (χ3n) is 4.72. The van der Waals surface area contributed by atoms with E-state index in [9.17, 15) is 22.8 Å². The van der Waals surface area contributed by atoms with E-state index in [0.717, 1.165) is 18.2 Å². The van der Waals surface area contributed by atoms with Gasteiger partial charge in [0, 0.05) is 0 Å². The van der Waals surface area contributed by atoms with E-state index in [1.54, 1.807) is 48.5 Å². The number of ether oxygens (including phenoxy) is 1. The number of halogens is 4. The second-order valence-corrected chi connectivity index (χ2v) is 7.42. The van der Waals surface area contributed by atoms with Crippen molar-refractivity contribution in [1.82, 2.24) is 0 Å². The van der Waals surface area contributed by atoms with Crippen LogP contribution < -0.4 is 5.32 Å². The van der Waals surface area contributed by atoms with Gasteiger partial charge in [0.25, 0.3) is 5.91 Å². The van der Waals surface area contributed by atoms with Gasteiger partial charge in [0.15, 0.2) is 6.10 Å². The zero-order chi connectivity index (χ0) is 23.3. The minimum atomic E-state index is -4.60. The lowest BCUT2D eigenvalue weighted by molar-refractivity contribution is -0.153. The Kier molecular flexibility index (Phi) is 7.20. The molecular formula is C24H19ClF3NO3. The molecule has 3 rings (SSSR count). The maximum Gasteiger partial charge on any atom is 0.416 e. The van der Waals surface area contributed by atoms with Gasteiger partial charge < -0.3 is 10.1 Å². The lowest BCUT2D eigenvalue weighted by atomic mass is 9.91. The number of hydrogen-bond acceptors (Lipinski definition) is 3. The summed E-state index contributed by atoms with van der Waals surface area (Å²) < 4.78 is 44.2. The van der Waals surface area contributed by atoms with Crippen LogP contribution in [0.3, 0.4) is 0 Å². The van der Waals surface area contributed by atoms with Crippen LogP contribution in [0.4, 0.5) is 18.9 Å². The number of hydrogen-bond donors (Lipinski definition) is 1. The summed E-state index contributed by atoms with van der Waals surface area (Å²) in [4.78, 5) is 25.5. The second kappa shape index (κ2) is 9.87. The number of amides is 1. The summed E-state index contributed by atoms with van der Waals surface area (Å²) in [5, 5.41) is 2.23. The Balaban J connectivity index is 1.77. The van der Waals surface area contributed by atoms with E-state index in [4.69, 9.17) is 16.3 Å². The maximum atomic E-state index is 13.0. The minimum Gasteiger partial charge on any atom is -0.452 e. The fourth-order valence-corrected chi connectivity index (χ4v) is 3.25. The summed E-state index contributed by atoms with van der Waals surface area (Å²) in [6.45, 7) is 1.34. The standard InChI is InChI=1S/C24H19ClF3NO3/c1-15(22(30)29-20-14-18(24(26,27)28)12-13-19(20)25)32-23(31)21(16-8-4-2-5-9-16)17-10-6-3-7-11-17/h2-15,21H,1H3,(H,29,30)/t15-/m0/s1. The van der Waals surface area contributed by atoms with Crippen molar-refractivity contribution < 1.29 is 27.5 Å². The largest absolute Gasteiger partial charge is 0.452 e. The Bertz CT molecular complexity index is 1050.